The van der Waals surface area contributed by atoms with Gasteiger partial charge in [0.15, 0.2) is 0 Å². The van der Waals surface area contributed by atoms with Crippen molar-refractivity contribution < 1.29 is 14.6 Å². The van der Waals surface area contributed by atoms with Gasteiger partial charge in [0.05, 0.1) is 5.60 Å². The Bertz CT molecular complexity index is 514. The molecule has 22 heavy (non-hydrogen) atoms. The number of nitrogens with one attached hydrogen (secondary N) is 1. The molecule has 4 heteroatoms. The summed E-state index contributed by atoms with van der Waals surface area (Å²) in [5.41, 5.74) is 0.111. The normalized spacial score (nSPS) is 28.2. The summed E-state index contributed by atoms with van der Waals surface area (Å²) in [4.78, 5) is 11.7. The van der Waals surface area contributed by atoms with Gasteiger partial charge in [-0.3, -0.25) is 4.79 Å². The van der Waals surface area contributed by atoms with Crippen molar-refractivity contribution >= 4 is 11.6 Å². The van der Waals surface area contributed by atoms with Crippen molar-refractivity contribution in [2.24, 2.45) is 11.8 Å². The molecule has 2 N–H and O–H groups in total. The molecule has 2 aliphatic carbocycles. The first-order chi connectivity index (χ1) is 10.5. The average Bonchev–Trinajstić information content (AvgIpc) is 3.35. The van der Waals surface area contributed by atoms with Gasteiger partial charge in [-0.05, 0) is 68.7 Å². The number of ether oxygens (including phenoxy) is 1. The lowest BCUT2D eigenvalue weighted by Crippen LogP contribution is -2.39. The van der Waals surface area contributed by atoms with Gasteiger partial charge < -0.3 is 15.2 Å². The van der Waals surface area contributed by atoms with Crippen molar-refractivity contribution in [1.82, 2.24) is 0 Å². The highest BCUT2D eigenvalue weighted by Gasteiger charge is 2.32. The first kappa shape index (κ1) is 15.3. The fourth-order valence-electron chi connectivity index (χ4n) is 2.89. The number of hydrogen-bond donors (Lipinski definition) is 2. The van der Waals surface area contributed by atoms with Crippen LogP contribution < -0.4 is 10.1 Å². The molecule has 1 aromatic rings. The summed E-state index contributed by atoms with van der Waals surface area (Å²) in [5, 5.41) is 13.4. The fourth-order valence-corrected chi connectivity index (χ4v) is 2.89. The van der Waals surface area contributed by atoms with Gasteiger partial charge in [0.2, 0.25) is 5.91 Å². The van der Waals surface area contributed by atoms with E-state index in [4.69, 9.17) is 4.74 Å². The van der Waals surface area contributed by atoms with Crippen LogP contribution in [0.15, 0.2) is 24.3 Å². The van der Waals surface area contributed by atoms with Gasteiger partial charge in [-0.1, -0.05) is 6.92 Å². The van der Waals surface area contributed by atoms with E-state index in [0.717, 1.165) is 50.0 Å². The van der Waals surface area contributed by atoms with Gasteiger partial charge in [0, 0.05) is 11.6 Å². The largest absolute Gasteiger partial charge is 0.491 e. The van der Waals surface area contributed by atoms with Crippen molar-refractivity contribution in [2.45, 2.75) is 51.0 Å². The maximum atomic E-state index is 11.7. The van der Waals surface area contributed by atoms with Crippen LogP contribution in [0.25, 0.3) is 0 Å². The lowest BCUT2D eigenvalue weighted by Gasteiger charge is -2.34. The lowest BCUT2D eigenvalue weighted by molar-refractivity contribution is -0.117. The Morgan fingerprint density at radius 1 is 1.23 bits per heavy atom. The van der Waals surface area contributed by atoms with Crippen LogP contribution in [0, 0.1) is 11.8 Å². The standard InChI is InChI=1S/C18H25NO3/c1-13-8-10-18(21,11-9-13)12-22-16-6-4-15(5-7-16)19-17(20)14-2-3-14/h4-7,13-14,21H,2-3,8-12H2,1H3,(H,19,20). The Morgan fingerprint density at radius 3 is 2.45 bits per heavy atom. The van der Waals surface area contributed by atoms with E-state index in [1.165, 1.54) is 0 Å². The third-order valence-corrected chi connectivity index (χ3v) is 4.78. The molecule has 0 aliphatic heterocycles. The fraction of sp³-hybridized carbons (Fsp3) is 0.611. The van der Waals surface area contributed by atoms with E-state index in [9.17, 15) is 9.90 Å². The molecule has 0 bridgehead atoms. The van der Waals surface area contributed by atoms with E-state index >= 15 is 0 Å². The molecule has 120 valence electrons. The molecule has 0 radical (unpaired) electrons. The van der Waals surface area contributed by atoms with E-state index in [0.29, 0.717) is 12.5 Å². The molecule has 2 fully saturated rings. The molecule has 0 saturated heterocycles. The smallest absolute Gasteiger partial charge is 0.227 e. The molecule has 0 heterocycles. The molecule has 4 nitrogen and oxygen atoms in total. The Balaban J connectivity index is 1.49. The summed E-state index contributed by atoms with van der Waals surface area (Å²) in [6, 6.07) is 7.39. The van der Waals surface area contributed by atoms with Crippen LogP contribution in [-0.4, -0.2) is 23.2 Å². The van der Waals surface area contributed by atoms with Gasteiger partial charge >= 0.3 is 0 Å². The highest BCUT2D eigenvalue weighted by Crippen LogP contribution is 2.33. The summed E-state index contributed by atoms with van der Waals surface area (Å²) >= 11 is 0. The van der Waals surface area contributed by atoms with Crippen molar-refractivity contribution in [3.63, 3.8) is 0 Å². The first-order valence-corrected chi connectivity index (χ1v) is 8.30. The quantitative estimate of drug-likeness (QED) is 0.877. The van der Waals surface area contributed by atoms with Crippen molar-refractivity contribution in [2.75, 3.05) is 11.9 Å². The summed E-state index contributed by atoms with van der Waals surface area (Å²) in [5.74, 6) is 1.75. The van der Waals surface area contributed by atoms with Crippen LogP contribution in [0.2, 0.25) is 0 Å². The summed E-state index contributed by atoms with van der Waals surface area (Å²) in [6.07, 6.45) is 5.75. The van der Waals surface area contributed by atoms with E-state index in [1.54, 1.807) is 0 Å². The zero-order chi connectivity index (χ0) is 15.6. The van der Waals surface area contributed by atoms with Gasteiger partial charge in [-0.25, -0.2) is 0 Å². The second-order valence-corrected chi connectivity index (χ2v) is 6.98. The van der Waals surface area contributed by atoms with Gasteiger partial charge in [-0.15, -0.1) is 0 Å². The number of aliphatic hydroxyl groups is 1. The van der Waals surface area contributed by atoms with Gasteiger partial charge in [-0.2, -0.15) is 0 Å². The average molecular weight is 303 g/mol. The topological polar surface area (TPSA) is 58.6 Å². The zero-order valence-electron chi connectivity index (χ0n) is 13.2. The number of amides is 1. The number of rotatable bonds is 5. The SMILES string of the molecule is CC1CCC(O)(COc2ccc(NC(=O)C3CC3)cc2)CC1. The van der Waals surface area contributed by atoms with Gasteiger partial charge in [0.1, 0.15) is 12.4 Å². The number of anilines is 1. The molecule has 1 amide bonds. The minimum Gasteiger partial charge on any atom is -0.491 e. The molecule has 2 saturated carbocycles. The molecule has 0 spiro atoms. The third-order valence-electron chi connectivity index (χ3n) is 4.78. The Morgan fingerprint density at radius 2 is 1.86 bits per heavy atom. The molecular formula is C18H25NO3. The van der Waals surface area contributed by atoms with E-state index in [1.807, 2.05) is 24.3 Å². The predicted octanol–water partition coefficient (Wildman–Crippen LogP) is 3.36. The molecule has 0 unspecified atom stereocenters. The van der Waals surface area contributed by atoms with Gasteiger partial charge in [0.25, 0.3) is 0 Å². The second kappa shape index (κ2) is 6.29. The summed E-state index contributed by atoms with van der Waals surface area (Å²) in [6.45, 7) is 2.57. The highest BCUT2D eigenvalue weighted by atomic mass is 16.5. The molecule has 3 rings (SSSR count). The van der Waals surface area contributed by atoms with Crippen LogP contribution in [0.5, 0.6) is 5.75 Å². The molecule has 1 aromatic carbocycles. The highest BCUT2D eigenvalue weighted by molar-refractivity contribution is 5.94. The first-order valence-electron chi connectivity index (χ1n) is 8.30. The molecule has 0 atom stereocenters. The monoisotopic (exact) mass is 303 g/mol. The molecule has 2 aliphatic rings. The van der Waals surface area contributed by atoms with Crippen LogP contribution in [0.3, 0.4) is 0 Å². The maximum absolute atomic E-state index is 11.7. The minimum atomic E-state index is -0.689. The van der Waals surface area contributed by atoms with E-state index in [2.05, 4.69) is 12.2 Å². The third kappa shape index (κ3) is 4.01. The predicted molar refractivity (Wildman–Crippen MR) is 85.9 cm³/mol. The van der Waals surface area contributed by atoms with Crippen LogP contribution in [0.1, 0.15) is 45.4 Å². The zero-order valence-corrected chi connectivity index (χ0v) is 13.2. The van der Waals surface area contributed by atoms with Crippen LogP contribution in [0.4, 0.5) is 5.69 Å². The van der Waals surface area contributed by atoms with Crippen molar-refractivity contribution in [1.29, 1.82) is 0 Å². The Labute approximate surface area is 131 Å². The number of hydrogen-bond acceptors (Lipinski definition) is 3. The summed E-state index contributed by atoms with van der Waals surface area (Å²) < 4.78 is 5.74. The van der Waals surface area contributed by atoms with Crippen LogP contribution >= 0.6 is 0 Å². The lowest BCUT2D eigenvalue weighted by atomic mass is 9.80. The Hall–Kier alpha value is -1.55. The van der Waals surface area contributed by atoms with Crippen molar-refractivity contribution in [3.05, 3.63) is 24.3 Å². The van der Waals surface area contributed by atoms with E-state index in [-0.39, 0.29) is 11.8 Å². The second-order valence-electron chi connectivity index (χ2n) is 6.98. The van der Waals surface area contributed by atoms with Crippen molar-refractivity contribution in [3.8, 4) is 5.75 Å². The molecule has 0 aromatic heterocycles. The Kier molecular flexibility index (Phi) is 4.39. The van der Waals surface area contributed by atoms with E-state index < -0.39 is 5.60 Å². The number of benzene rings is 1. The number of carbonyl (C=O) groups excluding carboxylic acids is 1. The number of carbonyl (C=O) groups is 1. The van der Waals surface area contributed by atoms with Crippen LogP contribution in [-0.2, 0) is 4.79 Å². The maximum Gasteiger partial charge on any atom is 0.227 e. The molecular weight excluding hydrogens is 278 g/mol. The minimum absolute atomic E-state index is 0.110. The summed E-state index contributed by atoms with van der Waals surface area (Å²) in [7, 11) is 0.